The van der Waals surface area contributed by atoms with Crippen LogP contribution in [0.2, 0.25) is 0 Å². The highest BCUT2D eigenvalue weighted by Gasteiger charge is 2.07. The fourth-order valence-corrected chi connectivity index (χ4v) is 1.90. The molecule has 0 saturated carbocycles. The highest BCUT2D eigenvalue weighted by atomic mass is 16.4. The third-order valence-corrected chi connectivity index (χ3v) is 2.65. The van der Waals surface area contributed by atoms with E-state index in [4.69, 9.17) is 5.11 Å². The number of aryl methyl sites for hydroxylation is 2. The van der Waals surface area contributed by atoms with Gasteiger partial charge in [0.1, 0.15) is 0 Å². The summed E-state index contributed by atoms with van der Waals surface area (Å²) in [5, 5.41) is 19.3. The van der Waals surface area contributed by atoms with Gasteiger partial charge in [0, 0.05) is 12.2 Å². The van der Waals surface area contributed by atoms with E-state index in [2.05, 4.69) is 47.7 Å². The number of rotatable bonds is 5. The Labute approximate surface area is 111 Å². The first kappa shape index (κ1) is 13.1. The molecule has 19 heavy (non-hydrogen) atoms. The molecule has 0 radical (unpaired) electrons. The number of nitrogens with zero attached hydrogens (tertiary/aromatic N) is 3. The van der Waals surface area contributed by atoms with Gasteiger partial charge < -0.3 is 10.4 Å². The molecule has 2 N–H and O–H groups in total. The Morgan fingerprint density at radius 3 is 2.58 bits per heavy atom. The van der Waals surface area contributed by atoms with Crippen molar-refractivity contribution < 1.29 is 9.90 Å². The largest absolute Gasteiger partial charge is 0.476 e. The predicted molar refractivity (Wildman–Crippen MR) is 71.4 cm³/mol. The van der Waals surface area contributed by atoms with Gasteiger partial charge in [-0.2, -0.15) is 0 Å². The summed E-state index contributed by atoms with van der Waals surface area (Å²) in [6.07, 6.45) is 1.42. The first-order chi connectivity index (χ1) is 9.04. The van der Waals surface area contributed by atoms with Crippen molar-refractivity contribution in [1.82, 2.24) is 15.0 Å². The first-order valence-electron chi connectivity index (χ1n) is 6.00. The van der Waals surface area contributed by atoms with Crippen LogP contribution in [0, 0.1) is 13.8 Å². The van der Waals surface area contributed by atoms with E-state index >= 15 is 0 Å². The van der Waals surface area contributed by atoms with Crippen molar-refractivity contribution in [2.75, 3.05) is 11.9 Å². The fourth-order valence-electron chi connectivity index (χ4n) is 1.90. The highest BCUT2D eigenvalue weighted by Crippen LogP contribution is 2.13. The predicted octanol–water partition coefficient (Wildman–Crippen LogP) is 1.71. The average molecular weight is 260 g/mol. The van der Waals surface area contributed by atoms with Crippen LogP contribution < -0.4 is 5.32 Å². The molecule has 0 unspecified atom stereocenters. The Bertz CT molecular complexity index is 572. The molecule has 2 rings (SSSR count). The molecule has 0 fully saturated rings. The van der Waals surface area contributed by atoms with Crippen LogP contribution in [0.25, 0.3) is 0 Å². The van der Waals surface area contributed by atoms with Crippen molar-refractivity contribution in [2.24, 2.45) is 0 Å². The molecule has 0 saturated heterocycles. The van der Waals surface area contributed by atoms with E-state index in [0.717, 1.165) is 5.69 Å². The standard InChI is InChI=1S/C13H16N4O2/c1-9-5-10(2)7-11(6-9)14-3-4-17-8-12(13(18)19)15-16-17/h5-8,14H,3-4H2,1-2H3,(H,18,19). The molecule has 1 aromatic carbocycles. The Kier molecular flexibility index (Phi) is 3.79. The monoisotopic (exact) mass is 260 g/mol. The molecule has 100 valence electrons. The number of hydrogen-bond donors (Lipinski definition) is 2. The van der Waals surface area contributed by atoms with Gasteiger partial charge in [-0.1, -0.05) is 11.3 Å². The van der Waals surface area contributed by atoms with Gasteiger partial charge in [0.15, 0.2) is 5.69 Å². The minimum Gasteiger partial charge on any atom is -0.476 e. The molecular weight excluding hydrogens is 244 g/mol. The van der Waals surface area contributed by atoms with E-state index in [-0.39, 0.29) is 5.69 Å². The van der Waals surface area contributed by atoms with E-state index in [1.165, 1.54) is 22.0 Å². The second kappa shape index (κ2) is 5.51. The molecule has 1 heterocycles. The van der Waals surface area contributed by atoms with Crippen LogP contribution in [0.4, 0.5) is 5.69 Å². The quantitative estimate of drug-likeness (QED) is 0.855. The van der Waals surface area contributed by atoms with Gasteiger partial charge in [-0.05, 0) is 37.1 Å². The van der Waals surface area contributed by atoms with Gasteiger partial charge in [0.05, 0.1) is 12.7 Å². The number of carboxylic acid groups (broad SMARTS) is 1. The van der Waals surface area contributed by atoms with Crippen LogP contribution >= 0.6 is 0 Å². The minimum atomic E-state index is -1.06. The average Bonchev–Trinajstić information content (AvgIpc) is 2.76. The van der Waals surface area contributed by atoms with E-state index in [9.17, 15) is 4.79 Å². The fraction of sp³-hybridized carbons (Fsp3) is 0.308. The first-order valence-corrected chi connectivity index (χ1v) is 6.00. The van der Waals surface area contributed by atoms with Crippen molar-refractivity contribution in [3.8, 4) is 0 Å². The summed E-state index contributed by atoms with van der Waals surface area (Å²) in [5.41, 5.74) is 3.43. The van der Waals surface area contributed by atoms with Crippen molar-refractivity contribution in [3.63, 3.8) is 0 Å². The van der Waals surface area contributed by atoms with Crippen LogP contribution in [-0.4, -0.2) is 32.6 Å². The lowest BCUT2D eigenvalue weighted by Crippen LogP contribution is -2.11. The summed E-state index contributed by atoms with van der Waals surface area (Å²) in [7, 11) is 0. The lowest BCUT2D eigenvalue weighted by atomic mass is 10.1. The molecule has 0 aliphatic rings. The maximum Gasteiger partial charge on any atom is 0.358 e. The maximum absolute atomic E-state index is 10.7. The highest BCUT2D eigenvalue weighted by molar-refractivity contribution is 5.84. The Morgan fingerprint density at radius 1 is 1.32 bits per heavy atom. The minimum absolute atomic E-state index is 0.0357. The smallest absolute Gasteiger partial charge is 0.358 e. The van der Waals surface area contributed by atoms with Crippen LogP contribution in [-0.2, 0) is 6.54 Å². The van der Waals surface area contributed by atoms with E-state index < -0.39 is 5.97 Å². The lowest BCUT2D eigenvalue weighted by Gasteiger charge is -2.08. The van der Waals surface area contributed by atoms with Gasteiger partial charge in [-0.3, -0.25) is 0 Å². The zero-order valence-corrected chi connectivity index (χ0v) is 10.9. The Morgan fingerprint density at radius 2 is 2.00 bits per heavy atom. The molecule has 1 aromatic heterocycles. The van der Waals surface area contributed by atoms with Gasteiger partial charge in [0.25, 0.3) is 0 Å². The number of carbonyl (C=O) groups is 1. The Hall–Kier alpha value is -2.37. The number of benzene rings is 1. The van der Waals surface area contributed by atoms with Gasteiger partial charge in [-0.25, -0.2) is 9.48 Å². The summed E-state index contributed by atoms with van der Waals surface area (Å²) in [6.45, 7) is 5.32. The number of nitrogens with one attached hydrogen (secondary N) is 1. The molecule has 0 amide bonds. The molecule has 0 aliphatic heterocycles. The van der Waals surface area contributed by atoms with Crippen LogP contribution in [0.1, 0.15) is 21.6 Å². The van der Waals surface area contributed by atoms with Crippen molar-refractivity contribution in [1.29, 1.82) is 0 Å². The van der Waals surface area contributed by atoms with Crippen LogP contribution in [0.15, 0.2) is 24.4 Å². The van der Waals surface area contributed by atoms with Crippen molar-refractivity contribution in [3.05, 3.63) is 41.2 Å². The maximum atomic E-state index is 10.7. The summed E-state index contributed by atoms with van der Waals surface area (Å²) in [6, 6.07) is 6.25. The summed E-state index contributed by atoms with van der Waals surface area (Å²) in [4.78, 5) is 10.7. The number of hydrogen-bond acceptors (Lipinski definition) is 4. The SMILES string of the molecule is Cc1cc(C)cc(NCCn2cc(C(=O)O)nn2)c1. The van der Waals surface area contributed by atoms with Gasteiger partial charge in [0.2, 0.25) is 0 Å². The zero-order chi connectivity index (χ0) is 13.8. The van der Waals surface area contributed by atoms with E-state index in [1.807, 2.05) is 0 Å². The molecule has 0 atom stereocenters. The third-order valence-electron chi connectivity index (χ3n) is 2.65. The molecule has 6 heteroatoms. The molecule has 0 bridgehead atoms. The van der Waals surface area contributed by atoms with Crippen LogP contribution in [0.3, 0.4) is 0 Å². The second-order valence-corrected chi connectivity index (χ2v) is 4.48. The summed E-state index contributed by atoms with van der Waals surface area (Å²) in [5.74, 6) is -1.06. The zero-order valence-electron chi connectivity index (χ0n) is 10.9. The third kappa shape index (κ3) is 3.54. The number of carboxylic acids is 1. The van der Waals surface area contributed by atoms with E-state index in [0.29, 0.717) is 13.1 Å². The van der Waals surface area contributed by atoms with E-state index in [1.54, 1.807) is 0 Å². The normalized spacial score (nSPS) is 10.4. The Balaban J connectivity index is 1.90. The summed E-state index contributed by atoms with van der Waals surface area (Å²) >= 11 is 0. The van der Waals surface area contributed by atoms with Crippen molar-refractivity contribution in [2.45, 2.75) is 20.4 Å². The van der Waals surface area contributed by atoms with Crippen molar-refractivity contribution >= 4 is 11.7 Å². The number of anilines is 1. The number of aromatic carboxylic acids is 1. The topological polar surface area (TPSA) is 80.0 Å². The molecule has 0 aliphatic carbocycles. The molecule has 6 nitrogen and oxygen atoms in total. The second-order valence-electron chi connectivity index (χ2n) is 4.48. The summed E-state index contributed by atoms with van der Waals surface area (Å²) < 4.78 is 1.51. The lowest BCUT2D eigenvalue weighted by molar-refractivity contribution is 0.0690. The molecule has 2 aromatic rings. The number of aromatic nitrogens is 3. The van der Waals surface area contributed by atoms with Gasteiger partial charge in [-0.15, -0.1) is 5.10 Å². The van der Waals surface area contributed by atoms with Crippen LogP contribution in [0.5, 0.6) is 0 Å². The molecule has 0 spiro atoms. The van der Waals surface area contributed by atoms with Gasteiger partial charge >= 0.3 is 5.97 Å². The molecular formula is C13H16N4O2.